The molecule has 26 heavy (non-hydrogen) atoms. The van der Waals surface area contributed by atoms with Crippen LogP contribution < -0.4 is 15.3 Å². The molecule has 1 saturated heterocycles. The molecule has 1 unspecified atom stereocenters. The molecule has 0 saturated carbocycles. The van der Waals surface area contributed by atoms with E-state index in [1.807, 2.05) is 0 Å². The van der Waals surface area contributed by atoms with Crippen molar-refractivity contribution in [2.24, 2.45) is 0 Å². The third-order valence-corrected chi connectivity index (χ3v) is 4.93. The average molecular weight is 343 g/mol. The van der Waals surface area contributed by atoms with Gasteiger partial charge in [0.15, 0.2) is 0 Å². The molecule has 1 heterocycles. The van der Waals surface area contributed by atoms with Gasteiger partial charge in [0.1, 0.15) is 6.17 Å². The summed E-state index contributed by atoms with van der Waals surface area (Å²) in [7, 11) is 0. The van der Waals surface area contributed by atoms with E-state index in [2.05, 4.69) is 114 Å². The molecule has 1 atom stereocenters. The zero-order valence-electron chi connectivity index (χ0n) is 15.3. The van der Waals surface area contributed by atoms with Crippen molar-refractivity contribution in [2.75, 3.05) is 16.7 Å². The van der Waals surface area contributed by atoms with Gasteiger partial charge in [-0.2, -0.15) is 0 Å². The number of benzene rings is 3. The van der Waals surface area contributed by atoms with Gasteiger partial charge in [0.05, 0.1) is 18.0 Å². The zero-order chi connectivity index (χ0) is 17.9. The second-order valence-electron chi connectivity index (χ2n) is 7.00. The van der Waals surface area contributed by atoms with Crippen molar-refractivity contribution in [3.05, 3.63) is 96.1 Å². The van der Waals surface area contributed by atoms with Gasteiger partial charge in [-0.3, -0.25) is 15.3 Å². The highest BCUT2D eigenvalue weighted by Crippen LogP contribution is 2.34. The van der Waals surface area contributed by atoms with Crippen LogP contribution in [-0.4, -0.2) is 6.67 Å². The van der Waals surface area contributed by atoms with E-state index in [1.165, 1.54) is 22.5 Å². The summed E-state index contributed by atoms with van der Waals surface area (Å²) in [5.41, 5.74) is 5.01. The Kier molecular flexibility index (Phi) is 4.63. The van der Waals surface area contributed by atoms with Crippen LogP contribution in [0.5, 0.6) is 0 Å². The number of para-hydroxylation sites is 2. The van der Waals surface area contributed by atoms with Gasteiger partial charge in [-0.15, -0.1) is 0 Å². The number of hydrazine groups is 1. The summed E-state index contributed by atoms with van der Waals surface area (Å²) in [6.07, 6.45) is 0.110. The van der Waals surface area contributed by atoms with Gasteiger partial charge in [-0.25, -0.2) is 0 Å². The van der Waals surface area contributed by atoms with E-state index in [-0.39, 0.29) is 6.17 Å². The fraction of sp³-hybridized carbons (Fsp3) is 0.217. The van der Waals surface area contributed by atoms with E-state index in [0.29, 0.717) is 5.92 Å². The van der Waals surface area contributed by atoms with Crippen LogP contribution in [0.1, 0.15) is 37.1 Å². The third kappa shape index (κ3) is 3.18. The summed E-state index contributed by atoms with van der Waals surface area (Å²) in [6.45, 7) is 5.24. The van der Waals surface area contributed by atoms with Gasteiger partial charge in [0.2, 0.25) is 0 Å². The van der Waals surface area contributed by atoms with Crippen molar-refractivity contribution in [3.8, 4) is 0 Å². The van der Waals surface area contributed by atoms with Gasteiger partial charge in [0, 0.05) is 0 Å². The summed E-state index contributed by atoms with van der Waals surface area (Å²) in [4.78, 5) is 0. The smallest absolute Gasteiger partial charge is 0.127 e. The minimum Gasteiger partial charge on any atom is -0.273 e. The first-order chi connectivity index (χ1) is 12.7. The molecule has 1 aliphatic rings. The van der Waals surface area contributed by atoms with Crippen LogP contribution in [0, 0.1) is 0 Å². The van der Waals surface area contributed by atoms with E-state index < -0.39 is 0 Å². The number of nitrogens with zero attached hydrogens (tertiary/aromatic N) is 2. The first-order valence-electron chi connectivity index (χ1n) is 9.24. The lowest BCUT2D eigenvalue weighted by atomic mass is 10.0. The standard InChI is InChI=1S/C23H25N3/c1-18(2)19-13-15-20(16-14-19)23-24-17-25(21-9-5-3-6-10-21)26(23)22-11-7-4-8-12-22/h3-16,18,23-24H,17H2,1-2H3. The lowest BCUT2D eigenvalue weighted by Crippen LogP contribution is -2.38. The summed E-state index contributed by atoms with van der Waals surface area (Å²) in [5.74, 6) is 0.548. The lowest BCUT2D eigenvalue weighted by molar-refractivity contribution is 0.642. The predicted octanol–water partition coefficient (Wildman–Crippen LogP) is 5.30. The van der Waals surface area contributed by atoms with Crippen LogP contribution in [0.3, 0.4) is 0 Å². The van der Waals surface area contributed by atoms with Gasteiger partial charge >= 0.3 is 0 Å². The van der Waals surface area contributed by atoms with Crippen molar-refractivity contribution >= 4 is 11.4 Å². The molecule has 3 aromatic carbocycles. The van der Waals surface area contributed by atoms with Crippen molar-refractivity contribution in [1.29, 1.82) is 0 Å². The second kappa shape index (κ2) is 7.22. The molecule has 0 amide bonds. The molecular weight excluding hydrogens is 318 g/mol. The minimum atomic E-state index is 0.110. The third-order valence-electron chi connectivity index (χ3n) is 4.93. The number of hydrogen-bond donors (Lipinski definition) is 1. The highest BCUT2D eigenvalue weighted by Gasteiger charge is 2.32. The van der Waals surface area contributed by atoms with Crippen LogP contribution in [-0.2, 0) is 0 Å². The Morgan fingerprint density at radius 3 is 1.92 bits per heavy atom. The number of nitrogens with one attached hydrogen (secondary N) is 1. The van der Waals surface area contributed by atoms with Crippen LogP contribution in [0.25, 0.3) is 0 Å². The van der Waals surface area contributed by atoms with Crippen molar-refractivity contribution < 1.29 is 0 Å². The summed E-state index contributed by atoms with van der Waals surface area (Å²) < 4.78 is 0. The SMILES string of the molecule is CC(C)c1ccc(C2NCN(c3ccccc3)N2c2ccccc2)cc1. The molecule has 1 aliphatic heterocycles. The summed E-state index contributed by atoms with van der Waals surface area (Å²) >= 11 is 0. The molecule has 0 aliphatic carbocycles. The largest absolute Gasteiger partial charge is 0.273 e. The van der Waals surface area contributed by atoms with E-state index >= 15 is 0 Å². The quantitative estimate of drug-likeness (QED) is 0.694. The molecule has 0 spiro atoms. The fourth-order valence-electron chi connectivity index (χ4n) is 3.48. The topological polar surface area (TPSA) is 18.5 Å². The lowest BCUT2D eigenvalue weighted by Gasteiger charge is -2.34. The Hall–Kier alpha value is -2.78. The molecule has 4 rings (SSSR count). The molecule has 3 aromatic rings. The first kappa shape index (κ1) is 16.7. The maximum absolute atomic E-state index is 3.67. The normalized spacial score (nSPS) is 17.1. The first-order valence-corrected chi connectivity index (χ1v) is 9.24. The molecule has 0 aromatic heterocycles. The summed E-state index contributed by atoms with van der Waals surface area (Å²) in [5, 5.41) is 8.32. The molecule has 3 heteroatoms. The molecule has 0 radical (unpaired) electrons. The van der Waals surface area contributed by atoms with E-state index in [0.717, 1.165) is 6.67 Å². The molecule has 132 valence electrons. The maximum Gasteiger partial charge on any atom is 0.127 e. The second-order valence-corrected chi connectivity index (χ2v) is 7.00. The minimum absolute atomic E-state index is 0.110. The Labute approximate surface area is 155 Å². The van der Waals surface area contributed by atoms with Crippen LogP contribution in [0.15, 0.2) is 84.9 Å². The Morgan fingerprint density at radius 1 is 0.769 bits per heavy atom. The van der Waals surface area contributed by atoms with E-state index in [1.54, 1.807) is 0 Å². The highest BCUT2D eigenvalue weighted by atomic mass is 15.7. The van der Waals surface area contributed by atoms with E-state index in [9.17, 15) is 0 Å². The van der Waals surface area contributed by atoms with Crippen LogP contribution in [0.2, 0.25) is 0 Å². The van der Waals surface area contributed by atoms with Crippen molar-refractivity contribution in [1.82, 2.24) is 5.32 Å². The van der Waals surface area contributed by atoms with Crippen LogP contribution >= 0.6 is 0 Å². The predicted molar refractivity (Wildman–Crippen MR) is 109 cm³/mol. The monoisotopic (exact) mass is 343 g/mol. The van der Waals surface area contributed by atoms with Gasteiger partial charge in [-0.1, -0.05) is 74.5 Å². The summed E-state index contributed by atoms with van der Waals surface area (Å²) in [6, 6.07) is 30.1. The Balaban J connectivity index is 1.72. The van der Waals surface area contributed by atoms with Gasteiger partial charge < -0.3 is 0 Å². The molecule has 0 bridgehead atoms. The molecule has 1 N–H and O–H groups in total. The van der Waals surface area contributed by atoms with Gasteiger partial charge in [0.25, 0.3) is 0 Å². The van der Waals surface area contributed by atoms with Crippen LogP contribution in [0.4, 0.5) is 11.4 Å². The fourth-order valence-corrected chi connectivity index (χ4v) is 3.48. The van der Waals surface area contributed by atoms with Crippen molar-refractivity contribution in [2.45, 2.75) is 25.9 Å². The molecule has 3 nitrogen and oxygen atoms in total. The van der Waals surface area contributed by atoms with Crippen molar-refractivity contribution in [3.63, 3.8) is 0 Å². The Morgan fingerprint density at radius 2 is 1.35 bits per heavy atom. The average Bonchev–Trinajstić information content (AvgIpc) is 3.14. The molecular formula is C23H25N3. The zero-order valence-corrected chi connectivity index (χ0v) is 15.3. The number of rotatable bonds is 4. The Bertz CT molecular complexity index is 828. The number of hydrogen-bond acceptors (Lipinski definition) is 3. The highest BCUT2D eigenvalue weighted by molar-refractivity contribution is 5.60. The maximum atomic E-state index is 3.67. The number of anilines is 2. The van der Waals surface area contributed by atoms with E-state index in [4.69, 9.17) is 0 Å². The van der Waals surface area contributed by atoms with Gasteiger partial charge in [-0.05, 0) is 41.3 Å². The molecule has 1 fully saturated rings.